The van der Waals surface area contributed by atoms with Gasteiger partial charge in [0.25, 0.3) is 0 Å². The molecule has 0 aliphatic carbocycles. The Morgan fingerprint density at radius 3 is 2.27 bits per heavy atom. The molecule has 0 saturated carbocycles. The van der Waals surface area contributed by atoms with E-state index in [2.05, 4.69) is 0 Å². The molecule has 3 atom stereocenters. The molecule has 3 aliphatic heterocycles. The fourth-order valence-electron chi connectivity index (χ4n) is 5.03. The summed E-state index contributed by atoms with van der Waals surface area (Å²) in [7, 11) is 3.17. The number of carbonyl (C=O) groups excluding carboxylic acids is 2. The molecule has 2 amide bonds. The molecule has 8 heteroatoms. The fraction of sp³-hybridized carbons (Fsp3) is 0.364. The smallest absolute Gasteiger partial charge is 0.415 e. The average Bonchev–Trinajstić information content (AvgIpc) is 3.22. The Morgan fingerprint density at radius 1 is 0.933 bits per heavy atom. The number of nitrogens with zero attached hydrogens (tertiary/aromatic N) is 2. The van der Waals surface area contributed by atoms with Crippen molar-refractivity contribution in [3.63, 3.8) is 0 Å². The van der Waals surface area contributed by atoms with Crippen LogP contribution in [0.25, 0.3) is 0 Å². The largest absolute Gasteiger partial charge is 0.497 e. The lowest BCUT2D eigenvalue weighted by Gasteiger charge is -2.50. The normalized spacial score (nSPS) is 29.0. The minimum Gasteiger partial charge on any atom is -0.497 e. The first kappa shape index (κ1) is 18.6. The number of benzene rings is 2. The van der Waals surface area contributed by atoms with E-state index in [4.69, 9.17) is 18.9 Å². The van der Waals surface area contributed by atoms with Crippen molar-refractivity contribution in [1.29, 1.82) is 0 Å². The Hall–Kier alpha value is -3.42. The third kappa shape index (κ3) is 2.16. The zero-order valence-corrected chi connectivity index (χ0v) is 17.2. The van der Waals surface area contributed by atoms with Crippen LogP contribution in [0.15, 0.2) is 42.5 Å². The highest BCUT2D eigenvalue weighted by molar-refractivity contribution is 5.99. The molecule has 2 aromatic rings. The van der Waals surface area contributed by atoms with Crippen LogP contribution in [0.4, 0.5) is 21.0 Å². The summed E-state index contributed by atoms with van der Waals surface area (Å²) in [5.74, 6) is 1.31. The Morgan fingerprint density at radius 2 is 1.60 bits per heavy atom. The second-order valence-electron chi connectivity index (χ2n) is 8.08. The number of amides is 2. The van der Waals surface area contributed by atoms with Gasteiger partial charge in [-0.3, -0.25) is 9.80 Å². The maximum Gasteiger partial charge on any atom is 0.415 e. The van der Waals surface area contributed by atoms with Crippen molar-refractivity contribution < 1.29 is 28.5 Å². The van der Waals surface area contributed by atoms with Crippen molar-refractivity contribution in [2.45, 2.75) is 31.0 Å². The van der Waals surface area contributed by atoms with Crippen molar-refractivity contribution in [1.82, 2.24) is 0 Å². The van der Waals surface area contributed by atoms with Crippen LogP contribution >= 0.6 is 0 Å². The first-order valence-corrected chi connectivity index (χ1v) is 9.65. The molecule has 8 nitrogen and oxygen atoms in total. The first-order chi connectivity index (χ1) is 14.3. The van der Waals surface area contributed by atoms with Crippen LogP contribution < -0.4 is 19.3 Å². The third-order valence-electron chi connectivity index (χ3n) is 6.44. The molecule has 0 bridgehead atoms. The molecule has 0 N–H and O–H groups in total. The lowest BCUT2D eigenvalue weighted by Crippen LogP contribution is -2.65. The minimum absolute atomic E-state index is 0.126. The second-order valence-corrected chi connectivity index (χ2v) is 8.08. The number of anilines is 2. The summed E-state index contributed by atoms with van der Waals surface area (Å²) in [5, 5.41) is 0. The van der Waals surface area contributed by atoms with Crippen LogP contribution in [0, 0.1) is 0 Å². The highest BCUT2D eigenvalue weighted by Crippen LogP contribution is 2.56. The van der Waals surface area contributed by atoms with Crippen molar-refractivity contribution in [2.24, 2.45) is 0 Å². The molecule has 156 valence electrons. The molecule has 0 unspecified atom stereocenters. The summed E-state index contributed by atoms with van der Waals surface area (Å²) in [6.07, 6.45) is -1.58. The molecule has 0 aromatic heterocycles. The van der Waals surface area contributed by atoms with Gasteiger partial charge in [-0.15, -0.1) is 0 Å². The molecule has 2 fully saturated rings. The van der Waals surface area contributed by atoms with Gasteiger partial charge in [0.15, 0.2) is 6.10 Å². The maximum absolute atomic E-state index is 13.2. The Balaban J connectivity index is 1.76. The maximum atomic E-state index is 13.2. The Bertz CT molecular complexity index is 1050. The molecule has 2 saturated heterocycles. The van der Waals surface area contributed by atoms with E-state index in [9.17, 15) is 9.59 Å². The lowest BCUT2D eigenvalue weighted by atomic mass is 9.71. The number of hydrogen-bond acceptors (Lipinski definition) is 6. The van der Waals surface area contributed by atoms with E-state index in [1.165, 1.54) is 0 Å². The molecular weight excluding hydrogens is 388 g/mol. The molecular formula is C22H22N2O6. The summed E-state index contributed by atoms with van der Waals surface area (Å²) >= 11 is 0. The molecule has 0 radical (unpaired) electrons. The summed E-state index contributed by atoms with van der Waals surface area (Å²) in [6.45, 7) is 3.97. The number of methoxy groups -OCH3 is 2. The van der Waals surface area contributed by atoms with Crippen LogP contribution in [-0.4, -0.2) is 44.7 Å². The van der Waals surface area contributed by atoms with Crippen LogP contribution in [-0.2, 0) is 15.0 Å². The predicted octanol–water partition coefficient (Wildman–Crippen LogP) is 3.67. The zero-order valence-electron chi connectivity index (χ0n) is 17.2. The molecule has 0 spiro atoms. The van der Waals surface area contributed by atoms with Crippen molar-refractivity contribution >= 4 is 23.6 Å². The summed E-state index contributed by atoms with van der Waals surface area (Å²) < 4.78 is 22.0. The van der Waals surface area contributed by atoms with Gasteiger partial charge in [0.1, 0.15) is 29.2 Å². The third-order valence-corrected chi connectivity index (χ3v) is 6.44. The summed E-state index contributed by atoms with van der Waals surface area (Å²) in [4.78, 5) is 29.0. The lowest BCUT2D eigenvalue weighted by molar-refractivity contribution is 0.0431. The van der Waals surface area contributed by atoms with Gasteiger partial charge in [0.2, 0.25) is 0 Å². The predicted molar refractivity (Wildman–Crippen MR) is 108 cm³/mol. The Kier molecular flexibility index (Phi) is 3.75. The molecule has 3 aliphatic rings. The number of fused-ring (bicyclic) bond motifs is 6. The number of hydrogen-bond donors (Lipinski definition) is 0. The van der Waals surface area contributed by atoms with Gasteiger partial charge in [-0.2, -0.15) is 0 Å². The van der Waals surface area contributed by atoms with Crippen molar-refractivity contribution in [3.05, 3.63) is 48.0 Å². The van der Waals surface area contributed by atoms with E-state index in [-0.39, 0.29) is 6.61 Å². The zero-order chi connectivity index (χ0) is 21.3. The van der Waals surface area contributed by atoms with E-state index in [1.807, 2.05) is 38.1 Å². The van der Waals surface area contributed by atoms with Crippen LogP contribution in [0.3, 0.4) is 0 Å². The van der Waals surface area contributed by atoms with E-state index < -0.39 is 29.4 Å². The van der Waals surface area contributed by atoms with Crippen molar-refractivity contribution in [3.8, 4) is 11.5 Å². The number of ether oxygens (including phenoxy) is 4. The molecule has 30 heavy (non-hydrogen) atoms. The van der Waals surface area contributed by atoms with E-state index >= 15 is 0 Å². The minimum atomic E-state index is -0.894. The molecule has 5 rings (SSSR count). The highest BCUT2D eigenvalue weighted by Gasteiger charge is 2.69. The number of cyclic esters (lactones) is 1. The molecule has 3 heterocycles. The first-order valence-electron chi connectivity index (χ1n) is 9.65. The quantitative estimate of drug-likeness (QED) is 0.768. The van der Waals surface area contributed by atoms with E-state index in [0.29, 0.717) is 22.9 Å². The van der Waals surface area contributed by atoms with Gasteiger partial charge in [-0.1, -0.05) is 0 Å². The fourth-order valence-corrected chi connectivity index (χ4v) is 5.03. The molecule has 2 aromatic carbocycles. The summed E-state index contributed by atoms with van der Waals surface area (Å²) in [6, 6.07) is 12.7. The van der Waals surface area contributed by atoms with Gasteiger partial charge in [0, 0.05) is 11.3 Å². The topological polar surface area (TPSA) is 77.5 Å². The van der Waals surface area contributed by atoms with Gasteiger partial charge in [-0.25, -0.2) is 9.59 Å². The van der Waals surface area contributed by atoms with Gasteiger partial charge in [0.05, 0.1) is 19.9 Å². The number of carbonyl (C=O) groups is 2. The average molecular weight is 410 g/mol. The van der Waals surface area contributed by atoms with Crippen LogP contribution in [0.1, 0.15) is 19.4 Å². The second kappa shape index (κ2) is 6.04. The van der Waals surface area contributed by atoms with Crippen LogP contribution in [0.2, 0.25) is 0 Å². The Labute approximate surface area is 173 Å². The van der Waals surface area contributed by atoms with Crippen LogP contribution in [0.5, 0.6) is 11.5 Å². The van der Waals surface area contributed by atoms with E-state index in [0.717, 1.165) is 5.56 Å². The number of rotatable bonds is 3. The van der Waals surface area contributed by atoms with Crippen molar-refractivity contribution in [2.75, 3.05) is 30.6 Å². The van der Waals surface area contributed by atoms with Gasteiger partial charge >= 0.3 is 12.2 Å². The van der Waals surface area contributed by atoms with Gasteiger partial charge in [-0.05, 0) is 56.3 Å². The standard InChI is InChI=1S/C22H22N2O6/c1-21-12-29-19(25)24(21)17-10-9-15(28-4)11-16(17)22(2)18(21)30-20(26)23(22)13-5-7-14(27-3)8-6-13/h5-11,18H,12H2,1-4H3/t18-,21+,22+/m1/s1. The summed E-state index contributed by atoms with van der Waals surface area (Å²) in [5.41, 5.74) is 0.363. The SMILES string of the molecule is COc1ccc(N2C(=O)O[C@@H]3[C@]4(C)COC(=O)N4c4ccc(OC)cc4[C@@]32C)cc1. The highest BCUT2D eigenvalue weighted by atomic mass is 16.6. The van der Waals surface area contributed by atoms with E-state index in [1.54, 1.807) is 42.2 Å². The van der Waals surface area contributed by atoms with Gasteiger partial charge < -0.3 is 18.9 Å². The monoisotopic (exact) mass is 410 g/mol.